The van der Waals surface area contributed by atoms with Gasteiger partial charge in [0.25, 0.3) is 15.9 Å². The zero-order valence-electron chi connectivity index (χ0n) is 18.1. The van der Waals surface area contributed by atoms with Crippen molar-refractivity contribution >= 4 is 33.2 Å². The molecule has 6 nitrogen and oxygen atoms in total. The van der Waals surface area contributed by atoms with Gasteiger partial charge in [-0.15, -0.1) is 0 Å². The average Bonchev–Trinajstić information content (AvgIpc) is 2.77. The van der Waals surface area contributed by atoms with Gasteiger partial charge in [0, 0.05) is 24.2 Å². The number of piperidine rings is 1. The van der Waals surface area contributed by atoms with Crippen LogP contribution in [0.2, 0.25) is 5.02 Å². The molecule has 0 radical (unpaired) electrons. The van der Waals surface area contributed by atoms with Gasteiger partial charge in [0.2, 0.25) is 0 Å². The van der Waals surface area contributed by atoms with Gasteiger partial charge in [-0.25, -0.2) is 8.42 Å². The first-order chi connectivity index (χ1) is 14.8. The number of carbonyl (C=O) groups excluding carboxylic acids is 1. The molecule has 168 valence electrons. The van der Waals surface area contributed by atoms with E-state index in [1.165, 1.54) is 36.3 Å². The molecule has 0 spiro atoms. The van der Waals surface area contributed by atoms with E-state index in [0.29, 0.717) is 22.8 Å². The summed E-state index contributed by atoms with van der Waals surface area (Å²) in [5.74, 6) is 0.668. The Morgan fingerprint density at radius 1 is 1.10 bits per heavy atom. The Hall–Kier alpha value is -2.09. The predicted octanol–water partition coefficient (Wildman–Crippen LogP) is 4.02. The molecule has 0 atom stereocenters. The molecule has 1 saturated heterocycles. The summed E-state index contributed by atoms with van der Waals surface area (Å²) in [6.45, 7) is 6.20. The molecule has 1 N–H and O–H groups in total. The highest BCUT2D eigenvalue weighted by Gasteiger charge is 2.21. The van der Waals surface area contributed by atoms with E-state index in [4.69, 9.17) is 11.6 Å². The van der Waals surface area contributed by atoms with Crippen molar-refractivity contribution in [3.8, 4) is 0 Å². The molecule has 0 aromatic heterocycles. The van der Waals surface area contributed by atoms with Crippen molar-refractivity contribution < 1.29 is 13.2 Å². The maximum atomic E-state index is 12.8. The lowest BCUT2D eigenvalue weighted by molar-refractivity contribution is 0.0950. The zero-order valence-corrected chi connectivity index (χ0v) is 19.6. The lowest BCUT2D eigenvalue weighted by atomic mass is 9.99. The van der Waals surface area contributed by atoms with E-state index in [2.05, 4.69) is 17.1 Å². The molecule has 0 bridgehead atoms. The standard InChI is InChI=1S/C23H30ClN3O3S/c1-18-12-16-27(17-13-18)15-3-14-25-23(28)19-4-8-21(9-5-19)26(2)31(29,30)22-10-6-20(24)7-11-22/h4-11,18H,3,12-17H2,1-2H3,(H,25,28). The zero-order chi connectivity index (χ0) is 22.4. The molecule has 1 amide bonds. The van der Waals surface area contributed by atoms with E-state index in [-0.39, 0.29) is 10.8 Å². The van der Waals surface area contributed by atoms with E-state index >= 15 is 0 Å². The van der Waals surface area contributed by atoms with Crippen molar-refractivity contribution in [3.63, 3.8) is 0 Å². The maximum absolute atomic E-state index is 12.8. The van der Waals surface area contributed by atoms with E-state index in [1.54, 1.807) is 36.4 Å². The number of rotatable bonds is 8. The Morgan fingerprint density at radius 2 is 1.71 bits per heavy atom. The quantitative estimate of drug-likeness (QED) is 0.600. The van der Waals surface area contributed by atoms with Crippen LogP contribution in [0.15, 0.2) is 53.4 Å². The van der Waals surface area contributed by atoms with Gasteiger partial charge in [-0.05, 0) is 93.3 Å². The van der Waals surface area contributed by atoms with Crippen LogP contribution >= 0.6 is 11.6 Å². The van der Waals surface area contributed by atoms with Gasteiger partial charge >= 0.3 is 0 Å². The third-order valence-corrected chi connectivity index (χ3v) is 7.83. The summed E-state index contributed by atoms with van der Waals surface area (Å²) < 4.78 is 26.8. The summed E-state index contributed by atoms with van der Waals surface area (Å²) in [6, 6.07) is 12.6. The minimum atomic E-state index is -3.70. The van der Waals surface area contributed by atoms with Crippen molar-refractivity contribution in [1.29, 1.82) is 0 Å². The molecule has 31 heavy (non-hydrogen) atoms. The molecule has 3 rings (SSSR count). The minimum Gasteiger partial charge on any atom is -0.352 e. The van der Waals surface area contributed by atoms with Crippen LogP contribution in [-0.2, 0) is 10.0 Å². The molecule has 1 heterocycles. The Bertz CT molecular complexity index is 970. The van der Waals surface area contributed by atoms with Crippen molar-refractivity contribution in [1.82, 2.24) is 10.2 Å². The molecule has 2 aromatic carbocycles. The van der Waals surface area contributed by atoms with E-state index < -0.39 is 10.0 Å². The number of likely N-dealkylation sites (tertiary alicyclic amines) is 1. The van der Waals surface area contributed by atoms with Gasteiger partial charge < -0.3 is 10.2 Å². The van der Waals surface area contributed by atoms with Gasteiger partial charge in [0.1, 0.15) is 0 Å². The maximum Gasteiger partial charge on any atom is 0.264 e. The minimum absolute atomic E-state index is 0.151. The summed E-state index contributed by atoms with van der Waals surface area (Å²) in [5, 5.41) is 3.42. The highest BCUT2D eigenvalue weighted by molar-refractivity contribution is 7.92. The molecule has 2 aromatic rings. The van der Waals surface area contributed by atoms with Gasteiger partial charge in [-0.2, -0.15) is 0 Å². The number of carbonyl (C=O) groups is 1. The normalized spacial score (nSPS) is 15.6. The topological polar surface area (TPSA) is 69.7 Å². The molecule has 0 unspecified atom stereocenters. The molecular weight excluding hydrogens is 434 g/mol. The summed E-state index contributed by atoms with van der Waals surface area (Å²) >= 11 is 5.85. The number of halogens is 1. The Kier molecular flexibility index (Phi) is 7.97. The molecule has 0 saturated carbocycles. The third kappa shape index (κ3) is 6.21. The van der Waals surface area contributed by atoms with Gasteiger partial charge in [-0.1, -0.05) is 18.5 Å². The fourth-order valence-electron chi connectivity index (χ4n) is 3.62. The van der Waals surface area contributed by atoms with Gasteiger partial charge in [-0.3, -0.25) is 9.10 Å². The summed E-state index contributed by atoms with van der Waals surface area (Å²) in [4.78, 5) is 15.0. The second-order valence-electron chi connectivity index (χ2n) is 8.11. The molecule has 0 aliphatic carbocycles. The second kappa shape index (κ2) is 10.5. The first-order valence-electron chi connectivity index (χ1n) is 10.6. The summed E-state index contributed by atoms with van der Waals surface area (Å²) in [7, 11) is -2.22. The lowest BCUT2D eigenvalue weighted by Crippen LogP contribution is -2.35. The Balaban J connectivity index is 1.51. The Labute approximate surface area is 190 Å². The summed E-state index contributed by atoms with van der Waals surface area (Å²) in [6.07, 6.45) is 3.42. The molecule has 1 aliphatic heterocycles. The average molecular weight is 464 g/mol. The first kappa shape index (κ1) is 23.6. The van der Waals surface area contributed by atoms with E-state index in [9.17, 15) is 13.2 Å². The van der Waals surface area contributed by atoms with Crippen LogP contribution < -0.4 is 9.62 Å². The molecule has 1 fully saturated rings. The lowest BCUT2D eigenvalue weighted by Gasteiger charge is -2.30. The number of nitrogens with zero attached hydrogens (tertiary/aromatic N) is 2. The largest absolute Gasteiger partial charge is 0.352 e. The van der Waals surface area contributed by atoms with Crippen LogP contribution in [-0.4, -0.2) is 52.5 Å². The van der Waals surface area contributed by atoms with Crippen molar-refractivity contribution in [2.45, 2.75) is 31.1 Å². The fraction of sp³-hybridized carbons (Fsp3) is 0.435. The number of sulfonamides is 1. The van der Waals surface area contributed by atoms with Gasteiger partial charge in [0.05, 0.1) is 10.6 Å². The number of hydrogen-bond acceptors (Lipinski definition) is 4. The molecule has 8 heteroatoms. The highest BCUT2D eigenvalue weighted by Crippen LogP contribution is 2.23. The van der Waals surface area contributed by atoms with Crippen molar-refractivity contribution in [2.24, 2.45) is 5.92 Å². The van der Waals surface area contributed by atoms with Crippen LogP contribution in [0.3, 0.4) is 0 Å². The molecular formula is C23H30ClN3O3S. The van der Waals surface area contributed by atoms with E-state index in [0.717, 1.165) is 32.0 Å². The first-order valence-corrected chi connectivity index (χ1v) is 12.4. The number of anilines is 1. The smallest absolute Gasteiger partial charge is 0.264 e. The Morgan fingerprint density at radius 3 is 2.32 bits per heavy atom. The van der Waals surface area contributed by atoms with Gasteiger partial charge in [0.15, 0.2) is 0 Å². The van der Waals surface area contributed by atoms with Crippen LogP contribution in [0.4, 0.5) is 5.69 Å². The highest BCUT2D eigenvalue weighted by atomic mass is 35.5. The third-order valence-electron chi connectivity index (χ3n) is 5.78. The van der Waals surface area contributed by atoms with Crippen LogP contribution in [0.5, 0.6) is 0 Å². The van der Waals surface area contributed by atoms with Crippen LogP contribution in [0.1, 0.15) is 36.5 Å². The van der Waals surface area contributed by atoms with Crippen LogP contribution in [0, 0.1) is 5.92 Å². The number of amides is 1. The number of benzene rings is 2. The molecule has 1 aliphatic rings. The number of hydrogen-bond donors (Lipinski definition) is 1. The fourth-order valence-corrected chi connectivity index (χ4v) is 4.94. The SMILES string of the molecule is CC1CCN(CCCNC(=O)c2ccc(N(C)S(=O)(=O)c3ccc(Cl)cc3)cc2)CC1. The second-order valence-corrected chi connectivity index (χ2v) is 10.5. The van der Waals surface area contributed by atoms with Crippen LogP contribution in [0.25, 0.3) is 0 Å². The van der Waals surface area contributed by atoms with Crippen molar-refractivity contribution in [3.05, 3.63) is 59.1 Å². The van der Waals surface area contributed by atoms with Crippen molar-refractivity contribution in [2.75, 3.05) is 37.5 Å². The van der Waals surface area contributed by atoms with E-state index in [1.807, 2.05) is 0 Å². The monoisotopic (exact) mass is 463 g/mol. The number of nitrogens with one attached hydrogen (secondary N) is 1. The predicted molar refractivity (Wildman–Crippen MR) is 125 cm³/mol. The summed E-state index contributed by atoms with van der Waals surface area (Å²) in [5.41, 5.74) is 0.985.